The molecule has 2 unspecified atom stereocenters. The number of hydrogen-bond donors (Lipinski definition) is 0. The molecule has 13 heavy (non-hydrogen) atoms. The van der Waals surface area contributed by atoms with Crippen LogP contribution < -0.4 is 0 Å². The van der Waals surface area contributed by atoms with Crippen LogP contribution in [0.15, 0.2) is 0 Å². The molecule has 0 amide bonds. The van der Waals surface area contributed by atoms with E-state index >= 15 is 0 Å². The lowest BCUT2D eigenvalue weighted by atomic mass is 9.86. The summed E-state index contributed by atoms with van der Waals surface area (Å²) in [6.45, 7) is 2.27. The zero-order valence-electron chi connectivity index (χ0n) is 8.29. The largest absolute Gasteiger partial charge is 0.374 e. The molecule has 0 aromatic carbocycles. The highest BCUT2D eigenvalue weighted by atomic mass is 16.5. The van der Waals surface area contributed by atoms with Gasteiger partial charge in [-0.05, 0) is 18.8 Å². The van der Waals surface area contributed by atoms with Gasteiger partial charge in [0.1, 0.15) is 5.78 Å². The Bertz CT molecular complexity index is 192. The summed E-state index contributed by atoms with van der Waals surface area (Å²) in [7, 11) is 0. The van der Waals surface area contributed by atoms with E-state index in [0.717, 1.165) is 0 Å². The summed E-state index contributed by atoms with van der Waals surface area (Å²) in [5.74, 6) is 1.07. The molecule has 0 saturated heterocycles. The zero-order chi connectivity index (χ0) is 9.26. The smallest absolute Gasteiger partial charge is 0.138 e. The molecule has 0 N–H and O–H groups in total. The summed E-state index contributed by atoms with van der Waals surface area (Å²) >= 11 is 0. The second-order valence-electron chi connectivity index (χ2n) is 4.51. The standard InChI is InChI=1S/C11H18O2/c1-8-4-2-3-5-11(8)13-10-6-9(12)7-10/h8,10-11H,2-7H2,1H3. The molecule has 2 aliphatic carbocycles. The molecule has 0 radical (unpaired) electrons. The van der Waals surface area contributed by atoms with Crippen LogP contribution in [0.5, 0.6) is 0 Å². The van der Waals surface area contributed by atoms with Gasteiger partial charge in [-0.2, -0.15) is 0 Å². The monoisotopic (exact) mass is 182 g/mol. The third-order valence-electron chi connectivity index (χ3n) is 3.31. The molecule has 2 rings (SSSR count). The maximum absolute atomic E-state index is 10.8. The summed E-state index contributed by atoms with van der Waals surface area (Å²) in [5.41, 5.74) is 0. The second-order valence-corrected chi connectivity index (χ2v) is 4.51. The van der Waals surface area contributed by atoms with Gasteiger partial charge in [-0.1, -0.05) is 19.8 Å². The molecule has 0 aliphatic heterocycles. The first kappa shape index (κ1) is 9.20. The molecule has 0 aromatic rings. The minimum absolute atomic E-state index is 0.262. The van der Waals surface area contributed by atoms with Crippen molar-refractivity contribution in [3.63, 3.8) is 0 Å². The van der Waals surface area contributed by atoms with Gasteiger partial charge in [-0.25, -0.2) is 0 Å². The highest BCUT2D eigenvalue weighted by Gasteiger charge is 2.32. The van der Waals surface area contributed by atoms with Crippen molar-refractivity contribution in [3.8, 4) is 0 Å². The Kier molecular flexibility index (Phi) is 2.68. The van der Waals surface area contributed by atoms with Gasteiger partial charge in [-0.3, -0.25) is 4.79 Å². The van der Waals surface area contributed by atoms with Crippen LogP contribution in [0.3, 0.4) is 0 Å². The van der Waals surface area contributed by atoms with E-state index < -0.39 is 0 Å². The predicted molar refractivity (Wildman–Crippen MR) is 50.5 cm³/mol. The second kappa shape index (κ2) is 3.79. The number of Topliss-reactive ketones (excluding diaryl/α,β-unsaturated/α-hetero) is 1. The summed E-state index contributed by atoms with van der Waals surface area (Å²) in [4.78, 5) is 10.8. The average molecular weight is 182 g/mol. The molecule has 0 aromatic heterocycles. The van der Waals surface area contributed by atoms with Crippen LogP contribution in [0.1, 0.15) is 45.4 Å². The first-order chi connectivity index (χ1) is 6.25. The van der Waals surface area contributed by atoms with Crippen molar-refractivity contribution in [1.29, 1.82) is 0 Å². The van der Waals surface area contributed by atoms with E-state index in [1.807, 2.05) is 0 Å². The normalized spacial score (nSPS) is 35.9. The lowest BCUT2D eigenvalue weighted by molar-refractivity contribution is -0.142. The van der Waals surface area contributed by atoms with Crippen LogP contribution in [0.25, 0.3) is 0 Å². The van der Waals surface area contributed by atoms with Crippen molar-refractivity contribution in [2.45, 2.75) is 57.7 Å². The fourth-order valence-electron chi connectivity index (χ4n) is 2.28. The molecular formula is C11H18O2. The van der Waals surface area contributed by atoms with Crippen molar-refractivity contribution in [1.82, 2.24) is 0 Å². The molecule has 2 atom stereocenters. The van der Waals surface area contributed by atoms with Crippen LogP contribution in [0.2, 0.25) is 0 Å². The van der Waals surface area contributed by atoms with Crippen LogP contribution in [0, 0.1) is 5.92 Å². The Hall–Kier alpha value is -0.370. The van der Waals surface area contributed by atoms with E-state index in [-0.39, 0.29) is 6.10 Å². The van der Waals surface area contributed by atoms with Gasteiger partial charge in [0.15, 0.2) is 0 Å². The zero-order valence-corrected chi connectivity index (χ0v) is 8.29. The molecule has 2 aliphatic rings. The SMILES string of the molecule is CC1CCCCC1OC1CC(=O)C1. The minimum Gasteiger partial charge on any atom is -0.374 e. The van der Waals surface area contributed by atoms with E-state index in [2.05, 4.69) is 6.92 Å². The van der Waals surface area contributed by atoms with Crippen molar-refractivity contribution in [2.24, 2.45) is 5.92 Å². The number of hydrogen-bond acceptors (Lipinski definition) is 2. The van der Waals surface area contributed by atoms with Gasteiger partial charge < -0.3 is 4.74 Å². The summed E-state index contributed by atoms with van der Waals surface area (Å²) < 4.78 is 5.89. The van der Waals surface area contributed by atoms with Crippen LogP contribution in [0.4, 0.5) is 0 Å². The molecule has 2 nitrogen and oxygen atoms in total. The highest BCUT2D eigenvalue weighted by molar-refractivity contribution is 5.85. The lowest BCUT2D eigenvalue weighted by Gasteiger charge is -2.35. The third-order valence-corrected chi connectivity index (χ3v) is 3.31. The maximum Gasteiger partial charge on any atom is 0.138 e. The molecule has 2 fully saturated rings. The van der Waals surface area contributed by atoms with E-state index in [1.54, 1.807) is 0 Å². The first-order valence-electron chi connectivity index (χ1n) is 5.43. The highest BCUT2D eigenvalue weighted by Crippen LogP contribution is 2.30. The van der Waals surface area contributed by atoms with Crippen LogP contribution in [-0.4, -0.2) is 18.0 Å². The fourth-order valence-corrected chi connectivity index (χ4v) is 2.28. The summed E-state index contributed by atoms with van der Waals surface area (Å²) in [5, 5.41) is 0. The Morgan fingerprint density at radius 3 is 2.54 bits per heavy atom. The van der Waals surface area contributed by atoms with Gasteiger partial charge in [0, 0.05) is 12.8 Å². The maximum atomic E-state index is 10.8. The van der Waals surface area contributed by atoms with Crippen LogP contribution >= 0.6 is 0 Å². The Balaban J connectivity index is 1.76. The van der Waals surface area contributed by atoms with Gasteiger partial charge in [0.05, 0.1) is 12.2 Å². The Morgan fingerprint density at radius 1 is 1.23 bits per heavy atom. The number of ketones is 1. The van der Waals surface area contributed by atoms with E-state index in [0.29, 0.717) is 30.6 Å². The Morgan fingerprint density at radius 2 is 1.92 bits per heavy atom. The molecule has 2 saturated carbocycles. The predicted octanol–water partition coefficient (Wildman–Crippen LogP) is 2.31. The molecule has 2 heteroatoms. The molecule has 0 bridgehead atoms. The number of carbonyl (C=O) groups is 1. The first-order valence-corrected chi connectivity index (χ1v) is 5.43. The van der Waals surface area contributed by atoms with E-state index in [4.69, 9.17) is 4.74 Å². The van der Waals surface area contributed by atoms with E-state index in [1.165, 1.54) is 25.7 Å². The number of ether oxygens (including phenoxy) is 1. The van der Waals surface area contributed by atoms with Gasteiger partial charge >= 0.3 is 0 Å². The quantitative estimate of drug-likeness (QED) is 0.655. The van der Waals surface area contributed by atoms with Gasteiger partial charge in [0.25, 0.3) is 0 Å². The average Bonchev–Trinajstić information content (AvgIpc) is 2.06. The van der Waals surface area contributed by atoms with Crippen molar-refractivity contribution in [2.75, 3.05) is 0 Å². The molecular weight excluding hydrogens is 164 g/mol. The van der Waals surface area contributed by atoms with Gasteiger partial charge in [-0.15, -0.1) is 0 Å². The van der Waals surface area contributed by atoms with Crippen molar-refractivity contribution >= 4 is 5.78 Å². The summed E-state index contributed by atoms with van der Waals surface area (Å²) in [6.07, 6.45) is 7.19. The fraction of sp³-hybridized carbons (Fsp3) is 0.909. The topological polar surface area (TPSA) is 26.3 Å². The van der Waals surface area contributed by atoms with Gasteiger partial charge in [0.2, 0.25) is 0 Å². The number of carbonyl (C=O) groups excluding carboxylic acids is 1. The lowest BCUT2D eigenvalue weighted by Crippen LogP contribution is -2.38. The molecule has 74 valence electrons. The van der Waals surface area contributed by atoms with Crippen LogP contribution in [-0.2, 0) is 9.53 Å². The van der Waals surface area contributed by atoms with Crippen molar-refractivity contribution in [3.05, 3.63) is 0 Å². The Labute approximate surface area is 79.7 Å². The van der Waals surface area contributed by atoms with E-state index in [9.17, 15) is 4.79 Å². The minimum atomic E-state index is 0.262. The molecule has 0 spiro atoms. The third kappa shape index (κ3) is 2.11. The van der Waals surface area contributed by atoms with Crippen molar-refractivity contribution < 1.29 is 9.53 Å². The summed E-state index contributed by atoms with van der Waals surface area (Å²) in [6, 6.07) is 0. The molecule has 0 heterocycles. The number of rotatable bonds is 2.